The standard InChI is InChI=1S/C15H12ClNO2/c1-10-6-8-11(9-7-10)14(18)15(19)17-13-5-3-2-4-12(13)16/h2-9H,1H3,(H,17,19). The summed E-state index contributed by atoms with van der Waals surface area (Å²) in [5, 5.41) is 2.90. The summed E-state index contributed by atoms with van der Waals surface area (Å²) in [5.74, 6) is -1.28. The minimum absolute atomic E-state index is 0.357. The quantitative estimate of drug-likeness (QED) is 0.687. The lowest BCUT2D eigenvalue weighted by atomic mass is 10.1. The van der Waals surface area contributed by atoms with Crippen LogP contribution in [0.25, 0.3) is 0 Å². The number of carbonyl (C=O) groups excluding carboxylic acids is 2. The minimum atomic E-state index is -0.697. The summed E-state index contributed by atoms with van der Waals surface area (Å²) in [4.78, 5) is 23.7. The van der Waals surface area contributed by atoms with Crippen molar-refractivity contribution in [1.82, 2.24) is 0 Å². The van der Waals surface area contributed by atoms with Gasteiger partial charge in [0.15, 0.2) is 0 Å². The van der Waals surface area contributed by atoms with Gasteiger partial charge in [0.25, 0.3) is 11.7 Å². The Bertz CT molecular complexity index is 620. The van der Waals surface area contributed by atoms with E-state index in [1.165, 1.54) is 0 Å². The maximum absolute atomic E-state index is 11.9. The smallest absolute Gasteiger partial charge is 0.296 e. The predicted octanol–water partition coefficient (Wildman–Crippen LogP) is 3.47. The first-order chi connectivity index (χ1) is 9.08. The van der Waals surface area contributed by atoms with Gasteiger partial charge in [-0.2, -0.15) is 0 Å². The SMILES string of the molecule is Cc1ccc(C(=O)C(=O)Nc2ccccc2Cl)cc1. The van der Waals surface area contributed by atoms with E-state index in [-0.39, 0.29) is 0 Å². The molecule has 1 N–H and O–H groups in total. The second-order valence-electron chi connectivity index (χ2n) is 4.13. The van der Waals surface area contributed by atoms with Crippen molar-refractivity contribution in [1.29, 1.82) is 0 Å². The number of benzene rings is 2. The van der Waals surface area contributed by atoms with Crippen molar-refractivity contribution in [3.05, 3.63) is 64.7 Å². The normalized spacial score (nSPS) is 10.0. The Kier molecular flexibility index (Phi) is 3.97. The fourth-order valence-corrected chi connectivity index (χ4v) is 1.76. The third-order valence-electron chi connectivity index (χ3n) is 2.64. The Hall–Kier alpha value is -2.13. The molecule has 0 aliphatic heterocycles. The fraction of sp³-hybridized carbons (Fsp3) is 0.0667. The predicted molar refractivity (Wildman–Crippen MR) is 75.6 cm³/mol. The first kappa shape index (κ1) is 13.3. The molecule has 0 heterocycles. The average Bonchev–Trinajstić information content (AvgIpc) is 2.41. The highest BCUT2D eigenvalue weighted by molar-refractivity contribution is 6.47. The van der Waals surface area contributed by atoms with Crippen LogP contribution in [-0.2, 0) is 4.79 Å². The van der Waals surface area contributed by atoms with Gasteiger partial charge in [-0.15, -0.1) is 0 Å². The second kappa shape index (κ2) is 5.67. The zero-order chi connectivity index (χ0) is 13.8. The van der Waals surface area contributed by atoms with Crippen LogP contribution in [0.2, 0.25) is 5.02 Å². The average molecular weight is 274 g/mol. The van der Waals surface area contributed by atoms with Crippen molar-refractivity contribution >= 4 is 29.0 Å². The summed E-state index contributed by atoms with van der Waals surface area (Å²) >= 11 is 5.91. The lowest BCUT2D eigenvalue weighted by Crippen LogP contribution is -2.22. The van der Waals surface area contributed by atoms with E-state index in [1.807, 2.05) is 6.92 Å². The van der Waals surface area contributed by atoms with Crippen LogP contribution in [0.1, 0.15) is 15.9 Å². The maximum atomic E-state index is 11.9. The molecule has 0 radical (unpaired) electrons. The third kappa shape index (κ3) is 3.20. The molecule has 4 heteroatoms. The van der Waals surface area contributed by atoms with E-state index in [2.05, 4.69) is 5.32 Å². The fourth-order valence-electron chi connectivity index (χ4n) is 1.58. The van der Waals surface area contributed by atoms with Gasteiger partial charge in [-0.3, -0.25) is 9.59 Å². The van der Waals surface area contributed by atoms with Gasteiger partial charge in [0.05, 0.1) is 10.7 Å². The van der Waals surface area contributed by atoms with Gasteiger partial charge in [0.2, 0.25) is 0 Å². The first-order valence-corrected chi connectivity index (χ1v) is 6.12. The summed E-state index contributed by atoms with van der Waals surface area (Å²) in [6, 6.07) is 13.6. The molecular weight excluding hydrogens is 262 g/mol. The molecule has 0 aliphatic rings. The monoisotopic (exact) mass is 273 g/mol. The molecule has 96 valence electrons. The van der Waals surface area contributed by atoms with Gasteiger partial charge in [-0.25, -0.2) is 0 Å². The Morgan fingerprint density at radius 2 is 1.63 bits per heavy atom. The van der Waals surface area contributed by atoms with Crippen molar-refractivity contribution in [2.45, 2.75) is 6.92 Å². The van der Waals surface area contributed by atoms with Crippen LogP contribution in [0.4, 0.5) is 5.69 Å². The van der Waals surface area contributed by atoms with Crippen LogP contribution in [-0.4, -0.2) is 11.7 Å². The number of para-hydroxylation sites is 1. The first-order valence-electron chi connectivity index (χ1n) is 5.75. The molecule has 0 saturated carbocycles. The van der Waals surface area contributed by atoms with Gasteiger partial charge in [0.1, 0.15) is 0 Å². The van der Waals surface area contributed by atoms with Crippen LogP contribution in [0, 0.1) is 6.92 Å². The number of halogens is 1. The number of amides is 1. The summed E-state index contributed by atoms with van der Waals surface area (Å²) in [5.41, 5.74) is 1.81. The number of rotatable bonds is 3. The van der Waals surface area contributed by atoms with Crippen LogP contribution in [0.3, 0.4) is 0 Å². The van der Waals surface area contributed by atoms with Gasteiger partial charge in [-0.1, -0.05) is 53.6 Å². The highest BCUT2D eigenvalue weighted by Crippen LogP contribution is 2.20. The number of hydrogen-bond acceptors (Lipinski definition) is 2. The Morgan fingerprint density at radius 1 is 1.00 bits per heavy atom. The van der Waals surface area contributed by atoms with E-state index in [1.54, 1.807) is 48.5 Å². The van der Waals surface area contributed by atoms with Crippen LogP contribution in [0.5, 0.6) is 0 Å². The summed E-state index contributed by atoms with van der Waals surface area (Å²) in [6.07, 6.45) is 0. The minimum Gasteiger partial charge on any atom is -0.318 e. The highest BCUT2D eigenvalue weighted by Gasteiger charge is 2.16. The largest absolute Gasteiger partial charge is 0.318 e. The molecule has 0 spiro atoms. The molecule has 0 atom stereocenters. The molecule has 2 aromatic rings. The number of carbonyl (C=O) groups is 2. The molecule has 1 amide bonds. The molecule has 0 aromatic heterocycles. The number of anilines is 1. The highest BCUT2D eigenvalue weighted by atomic mass is 35.5. The number of nitrogens with one attached hydrogen (secondary N) is 1. The van der Waals surface area contributed by atoms with Crippen molar-refractivity contribution in [3.63, 3.8) is 0 Å². The summed E-state index contributed by atoms with van der Waals surface area (Å²) in [6.45, 7) is 1.91. The lowest BCUT2D eigenvalue weighted by molar-refractivity contribution is -0.112. The zero-order valence-corrected chi connectivity index (χ0v) is 11.1. The molecule has 0 fully saturated rings. The van der Waals surface area contributed by atoms with E-state index < -0.39 is 11.7 Å². The third-order valence-corrected chi connectivity index (χ3v) is 2.97. The molecule has 2 aromatic carbocycles. The molecule has 0 aliphatic carbocycles. The number of aryl methyl sites for hydroxylation is 1. The molecule has 0 bridgehead atoms. The summed E-state index contributed by atoms with van der Waals surface area (Å²) < 4.78 is 0. The van der Waals surface area contributed by atoms with Gasteiger partial charge in [0, 0.05) is 5.56 Å². The van der Waals surface area contributed by atoms with Crippen molar-refractivity contribution in [2.75, 3.05) is 5.32 Å². The molecule has 19 heavy (non-hydrogen) atoms. The zero-order valence-electron chi connectivity index (χ0n) is 10.3. The van der Waals surface area contributed by atoms with Crippen molar-refractivity contribution in [3.8, 4) is 0 Å². The number of Topliss-reactive ketones (excluding diaryl/α,β-unsaturated/α-hetero) is 1. The Balaban J connectivity index is 2.14. The topological polar surface area (TPSA) is 46.2 Å². The van der Waals surface area contributed by atoms with E-state index in [0.717, 1.165) is 5.56 Å². The van der Waals surface area contributed by atoms with Crippen LogP contribution >= 0.6 is 11.6 Å². The van der Waals surface area contributed by atoms with Gasteiger partial charge < -0.3 is 5.32 Å². The number of hydrogen-bond donors (Lipinski definition) is 1. The number of ketones is 1. The van der Waals surface area contributed by atoms with Gasteiger partial charge >= 0.3 is 0 Å². The van der Waals surface area contributed by atoms with E-state index >= 15 is 0 Å². The van der Waals surface area contributed by atoms with E-state index in [0.29, 0.717) is 16.3 Å². The van der Waals surface area contributed by atoms with E-state index in [4.69, 9.17) is 11.6 Å². The maximum Gasteiger partial charge on any atom is 0.296 e. The molecule has 0 saturated heterocycles. The lowest BCUT2D eigenvalue weighted by Gasteiger charge is -2.06. The molecule has 2 rings (SSSR count). The van der Waals surface area contributed by atoms with Crippen LogP contribution in [0.15, 0.2) is 48.5 Å². The van der Waals surface area contributed by atoms with Crippen LogP contribution < -0.4 is 5.32 Å². The van der Waals surface area contributed by atoms with Gasteiger partial charge in [-0.05, 0) is 19.1 Å². The Morgan fingerprint density at radius 3 is 2.26 bits per heavy atom. The Labute approximate surface area is 116 Å². The van der Waals surface area contributed by atoms with E-state index in [9.17, 15) is 9.59 Å². The molecule has 3 nitrogen and oxygen atoms in total. The van der Waals surface area contributed by atoms with Crippen molar-refractivity contribution in [2.24, 2.45) is 0 Å². The van der Waals surface area contributed by atoms with Crippen molar-refractivity contribution < 1.29 is 9.59 Å². The summed E-state index contributed by atoms with van der Waals surface area (Å²) in [7, 11) is 0. The second-order valence-corrected chi connectivity index (χ2v) is 4.54. The molecular formula is C15H12ClNO2. The molecule has 0 unspecified atom stereocenters.